The SMILES string of the molecule is CC(C(=O)NC(=O)Nc1ccccc1)S(=O)(=O)c1ccccc1. The molecule has 0 fully saturated rings. The van der Waals surface area contributed by atoms with Gasteiger partial charge in [-0.15, -0.1) is 0 Å². The predicted octanol–water partition coefficient (Wildman–Crippen LogP) is 2.20. The Morgan fingerprint density at radius 1 is 0.913 bits per heavy atom. The number of rotatable bonds is 4. The van der Waals surface area contributed by atoms with Gasteiger partial charge in [-0.25, -0.2) is 13.2 Å². The molecule has 2 N–H and O–H groups in total. The maximum Gasteiger partial charge on any atom is 0.325 e. The summed E-state index contributed by atoms with van der Waals surface area (Å²) in [5.41, 5.74) is 0.497. The summed E-state index contributed by atoms with van der Waals surface area (Å²) < 4.78 is 24.6. The number of sulfone groups is 1. The summed E-state index contributed by atoms with van der Waals surface area (Å²) in [5, 5.41) is 3.11. The van der Waals surface area contributed by atoms with E-state index in [1.54, 1.807) is 48.5 Å². The van der Waals surface area contributed by atoms with Crippen molar-refractivity contribution in [1.82, 2.24) is 5.32 Å². The maximum absolute atomic E-state index is 12.3. The lowest BCUT2D eigenvalue weighted by Crippen LogP contribution is -2.43. The molecule has 0 saturated carbocycles. The molecule has 0 bridgehead atoms. The second-order valence-corrected chi connectivity index (χ2v) is 7.08. The number of carbonyl (C=O) groups is 2. The van der Waals surface area contributed by atoms with Gasteiger partial charge in [0.2, 0.25) is 5.91 Å². The number of amides is 3. The molecule has 0 aliphatic rings. The highest BCUT2D eigenvalue weighted by atomic mass is 32.2. The Kier molecular flexibility index (Phi) is 5.13. The van der Waals surface area contributed by atoms with Crippen LogP contribution in [0.1, 0.15) is 6.92 Å². The van der Waals surface area contributed by atoms with Crippen LogP contribution >= 0.6 is 0 Å². The van der Waals surface area contributed by atoms with E-state index in [1.807, 2.05) is 5.32 Å². The average Bonchev–Trinajstić information content (AvgIpc) is 2.55. The third-order valence-electron chi connectivity index (χ3n) is 3.17. The third kappa shape index (κ3) is 4.17. The molecule has 1 atom stereocenters. The lowest BCUT2D eigenvalue weighted by Gasteiger charge is -2.13. The van der Waals surface area contributed by atoms with Crippen LogP contribution in [-0.2, 0) is 14.6 Å². The summed E-state index contributed by atoms with van der Waals surface area (Å²) in [5.74, 6) is -0.887. The van der Waals surface area contributed by atoms with Crippen LogP contribution < -0.4 is 10.6 Å². The summed E-state index contributed by atoms with van der Waals surface area (Å²) in [4.78, 5) is 23.8. The number of para-hydroxylation sites is 1. The van der Waals surface area contributed by atoms with E-state index in [9.17, 15) is 18.0 Å². The number of urea groups is 1. The van der Waals surface area contributed by atoms with Crippen LogP contribution in [0.4, 0.5) is 10.5 Å². The zero-order chi connectivity index (χ0) is 16.9. The highest BCUT2D eigenvalue weighted by Gasteiger charge is 2.30. The molecular weight excluding hydrogens is 316 g/mol. The van der Waals surface area contributed by atoms with Crippen LogP contribution in [0.2, 0.25) is 0 Å². The van der Waals surface area contributed by atoms with Crippen molar-refractivity contribution in [3.63, 3.8) is 0 Å². The topological polar surface area (TPSA) is 92.3 Å². The molecule has 2 rings (SSSR count). The van der Waals surface area contributed by atoms with Crippen molar-refractivity contribution in [2.45, 2.75) is 17.1 Å². The van der Waals surface area contributed by atoms with Crippen molar-refractivity contribution in [2.75, 3.05) is 5.32 Å². The molecule has 6 nitrogen and oxygen atoms in total. The van der Waals surface area contributed by atoms with Gasteiger partial charge in [0.15, 0.2) is 9.84 Å². The van der Waals surface area contributed by atoms with Gasteiger partial charge >= 0.3 is 6.03 Å². The quantitative estimate of drug-likeness (QED) is 0.898. The van der Waals surface area contributed by atoms with Crippen LogP contribution in [0, 0.1) is 0 Å². The minimum absolute atomic E-state index is 0.0334. The maximum atomic E-state index is 12.3. The summed E-state index contributed by atoms with van der Waals surface area (Å²) in [6.45, 7) is 1.24. The van der Waals surface area contributed by atoms with Gasteiger partial charge in [-0.3, -0.25) is 10.1 Å². The van der Waals surface area contributed by atoms with Crippen molar-refractivity contribution in [3.8, 4) is 0 Å². The van der Waals surface area contributed by atoms with Crippen LogP contribution in [0.3, 0.4) is 0 Å². The molecule has 0 aliphatic heterocycles. The first-order valence-electron chi connectivity index (χ1n) is 6.87. The van der Waals surface area contributed by atoms with E-state index < -0.39 is 27.0 Å². The molecule has 0 radical (unpaired) electrons. The smallest absolute Gasteiger partial charge is 0.308 e. The molecule has 7 heteroatoms. The summed E-state index contributed by atoms with van der Waals surface area (Å²) in [6.07, 6.45) is 0. The zero-order valence-electron chi connectivity index (χ0n) is 12.4. The van der Waals surface area contributed by atoms with Crippen molar-refractivity contribution in [1.29, 1.82) is 0 Å². The molecule has 0 aromatic heterocycles. The van der Waals surface area contributed by atoms with Crippen LogP contribution in [0.5, 0.6) is 0 Å². The molecule has 0 aliphatic carbocycles. The van der Waals surface area contributed by atoms with Crippen LogP contribution in [-0.4, -0.2) is 25.6 Å². The normalized spacial score (nSPS) is 12.2. The van der Waals surface area contributed by atoms with E-state index in [1.165, 1.54) is 19.1 Å². The molecule has 23 heavy (non-hydrogen) atoms. The first-order valence-corrected chi connectivity index (χ1v) is 8.42. The molecule has 1 unspecified atom stereocenters. The molecule has 3 amide bonds. The van der Waals surface area contributed by atoms with E-state index >= 15 is 0 Å². The number of hydrogen-bond donors (Lipinski definition) is 2. The fourth-order valence-electron chi connectivity index (χ4n) is 1.85. The van der Waals surface area contributed by atoms with E-state index in [0.29, 0.717) is 5.69 Å². The second-order valence-electron chi connectivity index (χ2n) is 4.81. The number of carbonyl (C=O) groups excluding carboxylic acids is 2. The van der Waals surface area contributed by atoms with Crippen LogP contribution in [0.15, 0.2) is 65.6 Å². The Labute approximate surface area is 134 Å². The van der Waals surface area contributed by atoms with Crippen molar-refractivity contribution in [2.24, 2.45) is 0 Å². The largest absolute Gasteiger partial charge is 0.325 e. The molecule has 0 saturated heterocycles. The first-order chi connectivity index (χ1) is 10.9. The lowest BCUT2D eigenvalue weighted by atomic mass is 10.3. The van der Waals surface area contributed by atoms with Crippen molar-refractivity contribution >= 4 is 27.5 Å². The van der Waals surface area contributed by atoms with E-state index in [2.05, 4.69) is 5.32 Å². The van der Waals surface area contributed by atoms with Crippen LogP contribution in [0.25, 0.3) is 0 Å². The second kappa shape index (κ2) is 7.06. The Hall–Kier alpha value is -2.67. The highest BCUT2D eigenvalue weighted by molar-refractivity contribution is 7.92. The molecule has 0 spiro atoms. The molecule has 2 aromatic rings. The van der Waals surface area contributed by atoms with Gasteiger partial charge in [0.1, 0.15) is 5.25 Å². The fourth-order valence-corrected chi connectivity index (χ4v) is 3.14. The third-order valence-corrected chi connectivity index (χ3v) is 5.25. The molecule has 0 heterocycles. The van der Waals surface area contributed by atoms with E-state index in [0.717, 1.165) is 0 Å². The zero-order valence-corrected chi connectivity index (χ0v) is 13.2. The number of imide groups is 1. The van der Waals surface area contributed by atoms with Gasteiger partial charge in [0, 0.05) is 5.69 Å². The lowest BCUT2D eigenvalue weighted by molar-refractivity contribution is -0.119. The number of benzene rings is 2. The predicted molar refractivity (Wildman–Crippen MR) is 86.7 cm³/mol. The van der Waals surface area contributed by atoms with Gasteiger partial charge in [-0.1, -0.05) is 36.4 Å². The Morgan fingerprint density at radius 2 is 1.43 bits per heavy atom. The van der Waals surface area contributed by atoms with Gasteiger partial charge in [0.25, 0.3) is 0 Å². The van der Waals surface area contributed by atoms with Gasteiger partial charge in [-0.05, 0) is 31.2 Å². The van der Waals surface area contributed by atoms with Crippen molar-refractivity contribution in [3.05, 3.63) is 60.7 Å². The number of nitrogens with one attached hydrogen (secondary N) is 2. The Morgan fingerprint density at radius 3 is 2.00 bits per heavy atom. The summed E-state index contributed by atoms with van der Waals surface area (Å²) in [7, 11) is -3.85. The number of hydrogen-bond acceptors (Lipinski definition) is 4. The summed E-state index contributed by atoms with van der Waals surface area (Å²) >= 11 is 0. The fraction of sp³-hybridized carbons (Fsp3) is 0.125. The van der Waals surface area contributed by atoms with Gasteiger partial charge in [0.05, 0.1) is 4.90 Å². The summed E-state index contributed by atoms with van der Waals surface area (Å²) in [6, 6.07) is 15.4. The first kappa shape index (κ1) is 16.7. The van der Waals surface area contributed by atoms with E-state index in [4.69, 9.17) is 0 Å². The van der Waals surface area contributed by atoms with E-state index in [-0.39, 0.29) is 4.90 Å². The van der Waals surface area contributed by atoms with Gasteiger partial charge < -0.3 is 5.32 Å². The Bertz CT molecular complexity index is 789. The minimum Gasteiger partial charge on any atom is -0.308 e. The van der Waals surface area contributed by atoms with Gasteiger partial charge in [-0.2, -0.15) is 0 Å². The molecule has 2 aromatic carbocycles. The highest BCUT2D eigenvalue weighted by Crippen LogP contribution is 2.15. The standard InChI is InChI=1S/C16H16N2O4S/c1-12(23(21,22)14-10-6-3-7-11-14)15(19)18-16(20)17-13-8-4-2-5-9-13/h2-12H,1H3,(H2,17,18,19,20). The Balaban J connectivity index is 2.04. The van der Waals surface area contributed by atoms with Crippen molar-refractivity contribution < 1.29 is 18.0 Å². The number of anilines is 1. The monoisotopic (exact) mass is 332 g/mol. The molecule has 120 valence electrons. The molecular formula is C16H16N2O4S. The average molecular weight is 332 g/mol. The minimum atomic E-state index is -3.85.